The smallest absolute Gasteiger partial charge is 0.270 e. The Bertz CT molecular complexity index is 783. The third-order valence-electron chi connectivity index (χ3n) is 3.22. The van der Waals surface area contributed by atoms with Crippen molar-refractivity contribution in [3.05, 3.63) is 52.6 Å². The van der Waals surface area contributed by atoms with E-state index in [1.807, 2.05) is 36.7 Å². The first-order valence-electron chi connectivity index (χ1n) is 7.16. The van der Waals surface area contributed by atoms with Crippen LogP contribution in [0.4, 0.5) is 5.69 Å². The first-order valence-corrected chi connectivity index (χ1v) is 8.92. The zero-order valence-electron chi connectivity index (χ0n) is 12.6. The van der Waals surface area contributed by atoms with Gasteiger partial charge in [-0.25, -0.2) is 4.98 Å². The molecule has 1 amide bonds. The van der Waals surface area contributed by atoms with Crippen LogP contribution in [0.5, 0.6) is 0 Å². The molecule has 5 nitrogen and oxygen atoms in total. The molecule has 0 radical (unpaired) electrons. The van der Waals surface area contributed by atoms with Gasteiger partial charge in [0.15, 0.2) is 0 Å². The lowest BCUT2D eigenvalue weighted by Crippen LogP contribution is -2.29. The highest BCUT2D eigenvalue weighted by Gasteiger charge is 2.11. The highest BCUT2D eigenvalue weighted by Crippen LogP contribution is 2.27. The minimum atomic E-state index is -0.141. The van der Waals surface area contributed by atoms with Gasteiger partial charge in [-0.1, -0.05) is 6.07 Å². The van der Waals surface area contributed by atoms with E-state index in [1.165, 1.54) is 11.3 Å². The molecule has 3 heterocycles. The number of carbonyl (C=O) groups excluding carboxylic acids is 1. The van der Waals surface area contributed by atoms with Crippen LogP contribution in [0.15, 0.2) is 41.4 Å². The number of carbonyl (C=O) groups is 1. The van der Waals surface area contributed by atoms with Crippen molar-refractivity contribution in [3.8, 4) is 9.88 Å². The van der Waals surface area contributed by atoms with Crippen LogP contribution in [0.25, 0.3) is 9.88 Å². The number of nitrogens with zero attached hydrogens (tertiary/aromatic N) is 2. The molecule has 0 aliphatic rings. The van der Waals surface area contributed by atoms with Crippen molar-refractivity contribution < 1.29 is 4.79 Å². The average molecular weight is 344 g/mol. The third kappa shape index (κ3) is 3.94. The fourth-order valence-corrected chi connectivity index (χ4v) is 3.64. The summed E-state index contributed by atoms with van der Waals surface area (Å²) >= 11 is 3.11. The first-order chi connectivity index (χ1) is 11.2. The molecule has 0 saturated heterocycles. The summed E-state index contributed by atoms with van der Waals surface area (Å²) in [4.78, 5) is 21.6. The highest BCUT2D eigenvalue weighted by atomic mass is 32.1. The van der Waals surface area contributed by atoms with Gasteiger partial charge in [0.25, 0.3) is 5.91 Å². The molecule has 3 aromatic heterocycles. The van der Waals surface area contributed by atoms with Crippen LogP contribution in [-0.4, -0.2) is 29.0 Å². The average Bonchev–Trinajstić information content (AvgIpc) is 3.23. The van der Waals surface area contributed by atoms with E-state index in [1.54, 1.807) is 22.9 Å². The summed E-state index contributed by atoms with van der Waals surface area (Å²) in [5.74, 6) is -0.141. The van der Waals surface area contributed by atoms with E-state index in [2.05, 4.69) is 20.6 Å². The van der Waals surface area contributed by atoms with Gasteiger partial charge in [-0.05, 0) is 30.0 Å². The van der Waals surface area contributed by atoms with E-state index in [0.29, 0.717) is 18.8 Å². The fraction of sp³-hybridized carbons (Fsp3) is 0.188. The van der Waals surface area contributed by atoms with E-state index in [-0.39, 0.29) is 5.91 Å². The van der Waals surface area contributed by atoms with E-state index in [4.69, 9.17) is 0 Å². The zero-order chi connectivity index (χ0) is 16.1. The Morgan fingerprint density at radius 3 is 2.96 bits per heavy atom. The Morgan fingerprint density at radius 1 is 1.26 bits per heavy atom. The van der Waals surface area contributed by atoms with Crippen LogP contribution in [0, 0.1) is 6.92 Å². The summed E-state index contributed by atoms with van der Waals surface area (Å²) < 4.78 is 0. The highest BCUT2D eigenvalue weighted by molar-refractivity contribution is 7.20. The molecule has 0 aliphatic heterocycles. The molecule has 0 fully saturated rings. The second-order valence-corrected chi connectivity index (χ2v) is 6.69. The van der Waals surface area contributed by atoms with Crippen molar-refractivity contribution in [2.45, 2.75) is 6.92 Å². The van der Waals surface area contributed by atoms with E-state index >= 15 is 0 Å². The largest absolute Gasteiger partial charge is 0.383 e. The number of nitrogens with one attached hydrogen (secondary N) is 2. The van der Waals surface area contributed by atoms with Crippen molar-refractivity contribution in [2.24, 2.45) is 0 Å². The van der Waals surface area contributed by atoms with E-state index < -0.39 is 0 Å². The maximum Gasteiger partial charge on any atom is 0.270 e. The minimum Gasteiger partial charge on any atom is -0.383 e. The number of aryl methyl sites for hydroxylation is 1. The Kier molecular flexibility index (Phi) is 4.99. The summed E-state index contributed by atoms with van der Waals surface area (Å²) in [5.41, 5.74) is 2.58. The van der Waals surface area contributed by atoms with Gasteiger partial charge in [-0.3, -0.25) is 9.78 Å². The Balaban J connectivity index is 1.49. The van der Waals surface area contributed by atoms with E-state index in [9.17, 15) is 4.79 Å². The van der Waals surface area contributed by atoms with E-state index in [0.717, 1.165) is 21.1 Å². The quantitative estimate of drug-likeness (QED) is 0.673. The summed E-state index contributed by atoms with van der Waals surface area (Å²) in [6, 6.07) is 5.91. The molecule has 3 aromatic rings. The van der Waals surface area contributed by atoms with Crippen LogP contribution in [0.2, 0.25) is 0 Å². The van der Waals surface area contributed by atoms with Gasteiger partial charge >= 0.3 is 0 Å². The second-order valence-electron chi connectivity index (χ2n) is 4.89. The van der Waals surface area contributed by atoms with Gasteiger partial charge in [-0.2, -0.15) is 0 Å². The van der Waals surface area contributed by atoms with Gasteiger partial charge < -0.3 is 10.6 Å². The van der Waals surface area contributed by atoms with Gasteiger partial charge in [0.05, 0.1) is 4.88 Å². The molecule has 0 bridgehead atoms. The first kappa shape index (κ1) is 15.6. The molecule has 3 rings (SSSR count). The van der Waals surface area contributed by atoms with Crippen LogP contribution < -0.4 is 10.6 Å². The molecule has 7 heteroatoms. The van der Waals surface area contributed by atoms with Crippen molar-refractivity contribution >= 4 is 34.3 Å². The third-order valence-corrected chi connectivity index (χ3v) is 5.10. The molecule has 0 unspecified atom stereocenters. The molecule has 0 spiro atoms. The lowest BCUT2D eigenvalue weighted by atomic mass is 10.2. The number of hydrogen-bond acceptors (Lipinski definition) is 6. The Hall–Kier alpha value is -2.25. The molecule has 0 aromatic carbocycles. The minimum absolute atomic E-state index is 0.141. The molecule has 2 N–H and O–H groups in total. The molecule has 0 aliphatic carbocycles. The van der Waals surface area contributed by atoms with Crippen molar-refractivity contribution in [1.29, 1.82) is 0 Å². The number of amides is 1. The van der Waals surface area contributed by atoms with Crippen LogP contribution in [0.3, 0.4) is 0 Å². The molecule has 0 atom stereocenters. The molecular formula is C16H16N4OS2. The summed E-state index contributed by atoms with van der Waals surface area (Å²) in [6.45, 7) is 3.18. The summed E-state index contributed by atoms with van der Waals surface area (Å²) in [5, 5.41) is 10.8. The van der Waals surface area contributed by atoms with Gasteiger partial charge in [0, 0.05) is 36.6 Å². The lowest BCUT2D eigenvalue weighted by molar-refractivity contribution is 0.0951. The predicted octanol–water partition coefficient (Wildman–Crippen LogP) is 3.42. The second kappa shape index (κ2) is 7.34. The van der Waals surface area contributed by atoms with Crippen molar-refractivity contribution in [2.75, 3.05) is 18.4 Å². The number of aromatic nitrogens is 2. The van der Waals surface area contributed by atoms with Crippen LogP contribution >= 0.6 is 22.7 Å². The number of thiophene rings is 1. The molecule has 23 heavy (non-hydrogen) atoms. The fourth-order valence-electron chi connectivity index (χ4n) is 2.03. The Labute approximate surface area is 142 Å². The van der Waals surface area contributed by atoms with Gasteiger partial charge in [-0.15, -0.1) is 22.7 Å². The Morgan fingerprint density at radius 2 is 2.17 bits per heavy atom. The predicted molar refractivity (Wildman–Crippen MR) is 95.2 cm³/mol. The van der Waals surface area contributed by atoms with Gasteiger partial charge in [0.1, 0.15) is 10.7 Å². The number of rotatable bonds is 6. The monoisotopic (exact) mass is 344 g/mol. The van der Waals surface area contributed by atoms with Crippen molar-refractivity contribution in [3.63, 3.8) is 0 Å². The van der Waals surface area contributed by atoms with Crippen LogP contribution in [-0.2, 0) is 0 Å². The summed E-state index contributed by atoms with van der Waals surface area (Å²) in [6.07, 6.45) is 3.55. The maximum absolute atomic E-state index is 12.1. The zero-order valence-corrected chi connectivity index (χ0v) is 14.2. The number of anilines is 1. The molecular weight excluding hydrogens is 328 g/mol. The summed E-state index contributed by atoms with van der Waals surface area (Å²) in [7, 11) is 0. The van der Waals surface area contributed by atoms with Crippen molar-refractivity contribution in [1.82, 2.24) is 15.3 Å². The SMILES string of the molecule is Cc1cnccc1NCCNC(=O)c1csc(-c2cccs2)n1. The normalized spacial score (nSPS) is 10.5. The number of thiazole rings is 1. The van der Waals surface area contributed by atoms with Gasteiger partial charge in [0.2, 0.25) is 0 Å². The number of hydrogen-bond donors (Lipinski definition) is 2. The number of pyridine rings is 1. The molecule has 0 saturated carbocycles. The standard InChI is InChI=1S/C16H16N4OS2/c1-11-9-17-5-4-12(11)18-6-7-19-15(21)13-10-23-16(20-13)14-3-2-8-22-14/h2-5,8-10H,6-7H2,1H3,(H,17,18)(H,19,21). The van der Waals surface area contributed by atoms with Crippen LogP contribution in [0.1, 0.15) is 16.1 Å². The molecule has 118 valence electrons. The maximum atomic E-state index is 12.1. The topological polar surface area (TPSA) is 66.9 Å². The lowest BCUT2D eigenvalue weighted by Gasteiger charge is -2.09.